The van der Waals surface area contributed by atoms with Gasteiger partial charge in [-0.05, 0) is 44.7 Å². The van der Waals surface area contributed by atoms with Crippen LogP contribution >= 0.6 is 0 Å². The molecule has 4 rings (SSSR count). The topological polar surface area (TPSA) is 100 Å². The summed E-state index contributed by atoms with van der Waals surface area (Å²) in [5.74, 6) is 1.20. The zero-order valence-electron chi connectivity index (χ0n) is 18.3. The van der Waals surface area contributed by atoms with E-state index in [1.807, 2.05) is 25.2 Å². The van der Waals surface area contributed by atoms with E-state index in [4.69, 9.17) is 9.47 Å². The molecule has 2 aromatic heterocycles. The molecular weight excluding hydrogens is 394 g/mol. The highest BCUT2D eigenvalue weighted by Gasteiger charge is 2.16. The quantitative estimate of drug-likeness (QED) is 0.426. The van der Waals surface area contributed by atoms with Crippen molar-refractivity contribution in [2.24, 2.45) is 10.2 Å². The second-order valence-electron chi connectivity index (χ2n) is 7.55. The molecule has 0 spiro atoms. The number of nitrogens with zero attached hydrogens (tertiary/aromatic N) is 5. The van der Waals surface area contributed by atoms with Gasteiger partial charge >= 0.3 is 0 Å². The maximum absolute atomic E-state index is 5.80. The first-order chi connectivity index (χ1) is 15.1. The standard InChI is InChI=1S/C22H29N7O2/c1-15-16(2)25-20-5-4-17(12-19(15)20)28-24-14-18-13-21(31-9-6-23-3)27-22(26-18)29-7-10-30-11-8-29/h4-5,12-13,23,25H,6-11,14H2,1-3H3. The van der Waals surface area contributed by atoms with E-state index in [9.17, 15) is 0 Å². The lowest BCUT2D eigenvalue weighted by Gasteiger charge is -2.27. The molecule has 9 heteroatoms. The Labute approximate surface area is 181 Å². The van der Waals surface area contributed by atoms with Gasteiger partial charge in [0, 0.05) is 42.3 Å². The number of nitrogens with one attached hydrogen (secondary N) is 2. The molecule has 0 radical (unpaired) electrons. The summed E-state index contributed by atoms with van der Waals surface area (Å²) in [6, 6.07) is 7.90. The summed E-state index contributed by atoms with van der Waals surface area (Å²) in [5.41, 5.74) is 5.12. The number of fused-ring (bicyclic) bond motifs is 1. The van der Waals surface area contributed by atoms with Crippen LogP contribution < -0.4 is 15.0 Å². The molecule has 0 atom stereocenters. The fourth-order valence-corrected chi connectivity index (χ4v) is 3.48. The monoisotopic (exact) mass is 423 g/mol. The predicted octanol–water partition coefficient (Wildman–Crippen LogP) is 3.29. The van der Waals surface area contributed by atoms with Crippen molar-refractivity contribution in [3.05, 3.63) is 41.2 Å². The molecule has 0 unspecified atom stereocenters. The lowest BCUT2D eigenvalue weighted by molar-refractivity contribution is 0.122. The molecule has 164 valence electrons. The second-order valence-corrected chi connectivity index (χ2v) is 7.55. The van der Waals surface area contributed by atoms with E-state index in [1.54, 1.807) is 0 Å². The number of H-pyrrole nitrogens is 1. The van der Waals surface area contributed by atoms with Crippen molar-refractivity contribution in [2.75, 3.05) is 51.4 Å². The van der Waals surface area contributed by atoms with E-state index in [2.05, 4.69) is 55.3 Å². The molecule has 0 saturated carbocycles. The molecule has 1 fully saturated rings. The number of morpholine rings is 1. The molecule has 0 bridgehead atoms. The minimum Gasteiger partial charge on any atom is -0.476 e. The molecule has 3 heterocycles. The number of ether oxygens (including phenoxy) is 2. The Hall–Kier alpha value is -3.04. The van der Waals surface area contributed by atoms with Crippen molar-refractivity contribution in [3.8, 4) is 5.88 Å². The lowest BCUT2D eigenvalue weighted by Crippen LogP contribution is -2.37. The molecule has 1 saturated heterocycles. The molecule has 2 N–H and O–H groups in total. The molecule has 0 amide bonds. The second kappa shape index (κ2) is 9.84. The van der Waals surface area contributed by atoms with Gasteiger partial charge in [-0.1, -0.05) is 0 Å². The Morgan fingerprint density at radius 1 is 1.19 bits per heavy atom. The van der Waals surface area contributed by atoms with Crippen LogP contribution in [0.5, 0.6) is 5.88 Å². The van der Waals surface area contributed by atoms with Crippen LogP contribution in [0.25, 0.3) is 10.9 Å². The maximum atomic E-state index is 5.80. The summed E-state index contributed by atoms with van der Waals surface area (Å²) in [6.07, 6.45) is 0. The molecule has 0 aliphatic carbocycles. The minimum atomic E-state index is 0.353. The molecule has 31 heavy (non-hydrogen) atoms. The van der Waals surface area contributed by atoms with Crippen molar-refractivity contribution < 1.29 is 9.47 Å². The molecule has 1 aliphatic heterocycles. The highest BCUT2D eigenvalue weighted by Crippen LogP contribution is 2.26. The number of hydrogen-bond donors (Lipinski definition) is 2. The minimum absolute atomic E-state index is 0.353. The number of aromatic nitrogens is 3. The van der Waals surface area contributed by atoms with Crippen LogP contribution in [-0.2, 0) is 11.3 Å². The normalized spacial score (nSPS) is 14.6. The first-order valence-corrected chi connectivity index (χ1v) is 10.6. The first-order valence-electron chi connectivity index (χ1n) is 10.6. The van der Waals surface area contributed by atoms with Crippen molar-refractivity contribution in [1.29, 1.82) is 0 Å². The van der Waals surface area contributed by atoms with E-state index in [0.29, 0.717) is 38.2 Å². The lowest BCUT2D eigenvalue weighted by atomic mass is 10.1. The van der Waals surface area contributed by atoms with Crippen molar-refractivity contribution in [2.45, 2.75) is 20.4 Å². The molecule has 1 aromatic carbocycles. The van der Waals surface area contributed by atoms with Crippen LogP contribution in [0.1, 0.15) is 17.0 Å². The Morgan fingerprint density at radius 3 is 2.84 bits per heavy atom. The van der Waals surface area contributed by atoms with Crippen LogP contribution in [-0.4, -0.2) is 61.5 Å². The third kappa shape index (κ3) is 5.18. The SMILES string of the molecule is CNCCOc1cc(CN=Nc2ccc3[nH]c(C)c(C)c3c2)nc(N2CCOCC2)n1. The van der Waals surface area contributed by atoms with Gasteiger partial charge in [-0.25, -0.2) is 4.98 Å². The van der Waals surface area contributed by atoms with Crippen molar-refractivity contribution >= 4 is 22.5 Å². The van der Waals surface area contributed by atoms with Gasteiger partial charge in [0.05, 0.1) is 24.6 Å². The maximum Gasteiger partial charge on any atom is 0.229 e. The average Bonchev–Trinajstić information content (AvgIpc) is 3.08. The Kier molecular flexibility index (Phi) is 6.73. The predicted molar refractivity (Wildman–Crippen MR) is 120 cm³/mol. The summed E-state index contributed by atoms with van der Waals surface area (Å²) < 4.78 is 11.2. The summed E-state index contributed by atoms with van der Waals surface area (Å²) in [6.45, 7) is 8.68. The van der Waals surface area contributed by atoms with Gasteiger partial charge in [0.2, 0.25) is 11.8 Å². The highest BCUT2D eigenvalue weighted by molar-refractivity contribution is 5.86. The number of hydrogen-bond acceptors (Lipinski definition) is 8. The third-order valence-corrected chi connectivity index (χ3v) is 5.35. The summed E-state index contributed by atoms with van der Waals surface area (Å²) in [5, 5.41) is 13.0. The molecule has 9 nitrogen and oxygen atoms in total. The number of likely N-dealkylation sites (N-methyl/N-ethyl adjacent to an activating group) is 1. The average molecular weight is 424 g/mol. The Balaban J connectivity index is 1.51. The van der Waals surface area contributed by atoms with Crippen molar-refractivity contribution in [3.63, 3.8) is 0 Å². The van der Waals surface area contributed by atoms with E-state index in [1.165, 1.54) is 16.6 Å². The largest absolute Gasteiger partial charge is 0.476 e. The number of benzene rings is 1. The number of aryl methyl sites for hydroxylation is 2. The van der Waals surface area contributed by atoms with E-state index < -0.39 is 0 Å². The zero-order valence-corrected chi connectivity index (χ0v) is 18.3. The van der Waals surface area contributed by atoms with Crippen LogP contribution in [0.4, 0.5) is 11.6 Å². The zero-order chi connectivity index (χ0) is 21.6. The van der Waals surface area contributed by atoms with Gasteiger partial charge in [0.15, 0.2) is 0 Å². The summed E-state index contributed by atoms with van der Waals surface area (Å²) in [4.78, 5) is 14.8. The Morgan fingerprint density at radius 2 is 2.03 bits per heavy atom. The van der Waals surface area contributed by atoms with Crippen LogP contribution in [0.3, 0.4) is 0 Å². The van der Waals surface area contributed by atoms with Crippen molar-refractivity contribution in [1.82, 2.24) is 20.3 Å². The molecular formula is C22H29N7O2. The van der Waals surface area contributed by atoms with Crippen LogP contribution in [0.2, 0.25) is 0 Å². The first kappa shape index (κ1) is 21.2. The van der Waals surface area contributed by atoms with E-state index >= 15 is 0 Å². The number of azo groups is 1. The van der Waals surface area contributed by atoms with Gasteiger partial charge in [0.25, 0.3) is 0 Å². The smallest absolute Gasteiger partial charge is 0.229 e. The van der Waals surface area contributed by atoms with Gasteiger partial charge < -0.3 is 24.7 Å². The Bertz CT molecular complexity index is 1060. The number of anilines is 1. The third-order valence-electron chi connectivity index (χ3n) is 5.35. The van der Waals surface area contributed by atoms with Crippen LogP contribution in [0, 0.1) is 13.8 Å². The van der Waals surface area contributed by atoms with Crippen LogP contribution in [0.15, 0.2) is 34.5 Å². The molecule has 1 aliphatic rings. The molecule has 3 aromatic rings. The summed E-state index contributed by atoms with van der Waals surface area (Å²) in [7, 11) is 1.89. The van der Waals surface area contributed by atoms with Gasteiger partial charge in [-0.3, -0.25) is 0 Å². The fourth-order valence-electron chi connectivity index (χ4n) is 3.48. The summed E-state index contributed by atoms with van der Waals surface area (Å²) >= 11 is 0. The number of aromatic amines is 1. The van der Waals surface area contributed by atoms with E-state index in [-0.39, 0.29) is 0 Å². The van der Waals surface area contributed by atoms with Gasteiger partial charge in [0.1, 0.15) is 13.2 Å². The fraction of sp³-hybridized carbons (Fsp3) is 0.455. The highest BCUT2D eigenvalue weighted by atomic mass is 16.5. The number of rotatable bonds is 8. The van der Waals surface area contributed by atoms with Gasteiger partial charge in [-0.15, -0.1) is 0 Å². The van der Waals surface area contributed by atoms with Gasteiger partial charge in [-0.2, -0.15) is 15.2 Å². The van der Waals surface area contributed by atoms with E-state index in [0.717, 1.165) is 36.5 Å².